The summed E-state index contributed by atoms with van der Waals surface area (Å²) in [6.45, 7) is 8.34. The molecule has 3 nitrogen and oxygen atoms in total. The van der Waals surface area contributed by atoms with Gasteiger partial charge in [0, 0.05) is 36.5 Å². The highest BCUT2D eigenvalue weighted by Crippen LogP contribution is 2.67. The second kappa shape index (κ2) is 7.85. The maximum Gasteiger partial charge on any atom is 0.161 e. The zero-order valence-corrected chi connectivity index (χ0v) is 21.7. The van der Waals surface area contributed by atoms with Crippen molar-refractivity contribution in [2.75, 3.05) is 19.0 Å². The van der Waals surface area contributed by atoms with E-state index in [0.717, 1.165) is 38.5 Å². The van der Waals surface area contributed by atoms with Crippen molar-refractivity contribution < 1.29 is 9.90 Å². The average molecular weight is 458 g/mol. The van der Waals surface area contributed by atoms with E-state index in [-0.39, 0.29) is 22.5 Å². The van der Waals surface area contributed by atoms with Crippen molar-refractivity contribution in [3.63, 3.8) is 0 Å². The predicted molar refractivity (Wildman–Crippen MR) is 139 cm³/mol. The number of allylic oxidation sites excluding steroid dienone is 4. The molecule has 0 aliphatic heterocycles. The molecule has 0 radical (unpaired) electrons. The number of carbonyl (C=O) groups excluding carboxylic acids is 1. The zero-order chi connectivity index (χ0) is 24.5. The number of hydrogen-bond acceptors (Lipinski definition) is 3. The molecule has 0 aromatic heterocycles. The zero-order valence-electron chi connectivity index (χ0n) is 21.7. The molecule has 2 fully saturated rings. The number of rotatable bonds is 2. The van der Waals surface area contributed by atoms with E-state index >= 15 is 0 Å². The fourth-order valence-corrected chi connectivity index (χ4v) is 7.66. The second-order valence-electron chi connectivity index (χ2n) is 12.2. The normalized spacial score (nSPS) is 36.0. The van der Waals surface area contributed by atoms with Crippen LogP contribution in [0.1, 0.15) is 77.7 Å². The van der Waals surface area contributed by atoms with Crippen LogP contribution >= 0.6 is 0 Å². The molecule has 3 heteroatoms. The minimum atomic E-state index is -0.928. The van der Waals surface area contributed by atoms with Crippen LogP contribution < -0.4 is 4.90 Å². The summed E-state index contributed by atoms with van der Waals surface area (Å²) in [7, 11) is 4.15. The van der Waals surface area contributed by atoms with Crippen LogP contribution in [-0.2, 0) is 4.79 Å². The molecule has 0 spiro atoms. The van der Waals surface area contributed by atoms with Crippen molar-refractivity contribution in [1.82, 2.24) is 0 Å². The van der Waals surface area contributed by atoms with Crippen LogP contribution in [0.5, 0.6) is 0 Å². The number of benzene rings is 1. The maximum absolute atomic E-state index is 12.8. The standard InChI is InChI=1S/C31H39NO2/c1-7-15-31(34)16-14-26-23-13-10-21-17-27(33)29(2,3)18-24(21)28(23)25(19-30(26,31)4)20-8-11-22(12-9-20)32(5)6/h8-9,11-12,17,23,25-26,34H,10,13-14,16,18-19H2,1-6H3/t23-,25+,26-,30-,31-/m0/s1. The lowest BCUT2D eigenvalue weighted by Gasteiger charge is -2.54. The fourth-order valence-electron chi connectivity index (χ4n) is 7.66. The summed E-state index contributed by atoms with van der Waals surface area (Å²) >= 11 is 0. The van der Waals surface area contributed by atoms with Gasteiger partial charge < -0.3 is 10.0 Å². The highest BCUT2D eigenvalue weighted by atomic mass is 16.3. The van der Waals surface area contributed by atoms with E-state index in [0.29, 0.717) is 11.8 Å². The van der Waals surface area contributed by atoms with Gasteiger partial charge >= 0.3 is 0 Å². The number of fused-ring (bicyclic) bond motifs is 4. The third-order valence-corrected chi connectivity index (χ3v) is 9.66. The van der Waals surface area contributed by atoms with Crippen molar-refractivity contribution in [2.45, 2.75) is 77.7 Å². The molecule has 0 heterocycles. The lowest BCUT2D eigenvalue weighted by molar-refractivity contribution is -0.122. The van der Waals surface area contributed by atoms with Gasteiger partial charge in [0.15, 0.2) is 5.78 Å². The summed E-state index contributed by atoms with van der Waals surface area (Å²) in [5, 5.41) is 11.8. The van der Waals surface area contributed by atoms with E-state index in [1.165, 1.54) is 22.4 Å². The molecule has 0 amide bonds. The molecule has 34 heavy (non-hydrogen) atoms. The monoisotopic (exact) mass is 457 g/mol. The molecule has 1 N–H and O–H groups in total. The molecule has 0 unspecified atom stereocenters. The molecule has 4 aliphatic carbocycles. The number of hydrogen-bond donors (Lipinski definition) is 1. The average Bonchev–Trinajstić information content (AvgIpc) is 3.04. The molecular formula is C31H39NO2. The smallest absolute Gasteiger partial charge is 0.161 e. The van der Waals surface area contributed by atoms with Gasteiger partial charge in [-0.05, 0) is 92.2 Å². The Kier molecular flexibility index (Phi) is 5.41. The van der Waals surface area contributed by atoms with Gasteiger partial charge in [-0.3, -0.25) is 4.79 Å². The van der Waals surface area contributed by atoms with Crippen LogP contribution in [0.2, 0.25) is 0 Å². The third kappa shape index (κ3) is 3.33. The first-order chi connectivity index (χ1) is 16.0. The summed E-state index contributed by atoms with van der Waals surface area (Å²) in [6, 6.07) is 8.99. The molecular weight excluding hydrogens is 418 g/mol. The Hall–Kier alpha value is -2.31. The Balaban J connectivity index is 1.70. The van der Waals surface area contributed by atoms with Crippen LogP contribution in [0.3, 0.4) is 0 Å². The Morgan fingerprint density at radius 1 is 1.09 bits per heavy atom. The maximum atomic E-state index is 12.8. The van der Waals surface area contributed by atoms with Crippen LogP contribution in [-0.4, -0.2) is 30.6 Å². The molecule has 2 saturated carbocycles. The van der Waals surface area contributed by atoms with Gasteiger partial charge in [-0.2, -0.15) is 0 Å². The van der Waals surface area contributed by atoms with Crippen molar-refractivity contribution in [1.29, 1.82) is 0 Å². The van der Waals surface area contributed by atoms with Crippen LogP contribution in [0, 0.1) is 34.5 Å². The Morgan fingerprint density at radius 3 is 2.44 bits per heavy atom. The van der Waals surface area contributed by atoms with Crippen LogP contribution in [0.15, 0.2) is 47.1 Å². The SMILES string of the molecule is CC#C[C@]1(O)CC[C@H]2[C@@H]3CCC4=CC(=O)C(C)(C)CC4=C3[C@@H](c3ccc(N(C)C)cc3)C[C@@]21C. The largest absolute Gasteiger partial charge is 0.378 e. The van der Waals surface area contributed by atoms with Crippen molar-refractivity contribution in [2.24, 2.45) is 22.7 Å². The van der Waals surface area contributed by atoms with Crippen LogP contribution in [0.4, 0.5) is 5.69 Å². The number of carbonyl (C=O) groups is 1. The molecule has 5 atom stereocenters. The molecule has 1 aromatic rings. The van der Waals surface area contributed by atoms with Gasteiger partial charge in [-0.25, -0.2) is 0 Å². The van der Waals surface area contributed by atoms with E-state index < -0.39 is 5.60 Å². The van der Waals surface area contributed by atoms with E-state index in [4.69, 9.17) is 0 Å². The minimum Gasteiger partial charge on any atom is -0.378 e. The third-order valence-electron chi connectivity index (χ3n) is 9.66. The highest BCUT2D eigenvalue weighted by molar-refractivity contribution is 5.97. The molecule has 180 valence electrons. The summed E-state index contributed by atoms with van der Waals surface area (Å²) in [4.78, 5) is 15.0. The Labute approximate surface area is 205 Å². The Morgan fingerprint density at radius 2 is 1.79 bits per heavy atom. The lowest BCUT2D eigenvalue weighted by Crippen LogP contribution is -2.51. The molecule has 1 aromatic carbocycles. The highest BCUT2D eigenvalue weighted by Gasteiger charge is 2.62. The lowest BCUT2D eigenvalue weighted by atomic mass is 9.50. The predicted octanol–water partition coefficient (Wildman–Crippen LogP) is 6.04. The van der Waals surface area contributed by atoms with Crippen molar-refractivity contribution >= 4 is 11.5 Å². The number of nitrogens with zero attached hydrogens (tertiary/aromatic N) is 1. The van der Waals surface area contributed by atoms with Crippen LogP contribution in [0.25, 0.3) is 0 Å². The van der Waals surface area contributed by atoms with E-state index in [9.17, 15) is 9.90 Å². The van der Waals surface area contributed by atoms with Gasteiger partial charge in [-0.15, -0.1) is 5.92 Å². The van der Waals surface area contributed by atoms with Gasteiger partial charge in [0.25, 0.3) is 0 Å². The fraction of sp³-hybridized carbons (Fsp3) is 0.581. The summed E-state index contributed by atoms with van der Waals surface area (Å²) in [5.74, 6) is 7.70. The summed E-state index contributed by atoms with van der Waals surface area (Å²) in [5.41, 5.74) is 5.29. The summed E-state index contributed by atoms with van der Waals surface area (Å²) in [6.07, 6.45) is 7.52. The summed E-state index contributed by atoms with van der Waals surface area (Å²) < 4.78 is 0. The number of ketones is 1. The quantitative estimate of drug-likeness (QED) is 0.550. The van der Waals surface area contributed by atoms with Gasteiger partial charge in [0.2, 0.25) is 0 Å². The molecule has 0 saturated heterocycles. The van der Waals surface area contributed by atoms with Gasteiger partial charge in [0.1, 0.15) is 5.60 Å². The molecule has 4 aliphatic rings. The van der Waals surface area contributed by atoms with E-state index in [2.05, 4.69) is 75.9 Å². The van der Waals surface area contributed by atoms with Gasteiger partial charge in [0.05, 0.1) is 0 Å². The van der Waals surface area contributed by atoms with Crippen molar-refractivity contribution in [3.8, 4) is 11.8 Å². The van der Waals surface area contributed by atoms with E-state index in [1.807, 2.05) is 13.0 Å². The topological polar surface area (TPSA) is 40.5 Å². The molecule has 5 rings (SSSR count). The van der Waals surface area contributed by atoms with E-state index in [1.54, 1.807) is 5.57 Å². The first-order valence-corrected chi connectivity index (χ1v) is 12.9. The van der Waals surface area contributed by atoms with Crippen molar-refractivity contribution in [3.05, 3.63) is 52.6 Å². The second-order valence-corrected chi connectivity index (χ2v) is 12.2. The first-order valence-electron chi connectivity index (χ1n) is 12.9. The Bertz CT molecular complexity index is 1140. The molecule has 0 bridgehead atoms. The first kappa shape index (κ1) is 23.4. The minimum absolute atomic E-state index is 0.239. The number of aliphatic hydroxyl groups is 1. The number of anilines is 1. The van der Waals surface area contributed by atoms with Gasteiger partial charge in [-0.1, -0.05) is 44.4 Å².